The maximum Gasteiger partial charge on any atom is 0.267 e. The number of aryl methyl sites for hydroxylation is 1. The summed E-state index contributed by atoms with van der Waals surface area (Å²) < 4.78 is 13.5. The molecule has 0 aliphatic carbocycles. The van der Waals surface area contributed by atoms with Crippen molar-refractivity contribution in [1.29, 1.82) is 5.26 Å². The van der Waals surface area contributed by atoms with E-state index < -0.39 is 5.91 Å². The summed E-state index contributed by atoms with van der Waals surface area (Å²) in [7, 11) is 0. The molecule has 2 rings (SSSR count). The normalized spacial score (nSPS) is 10.8. The largest absolute Gasteiger partial charge is 0.385 e. The smallest absolute Gasteiger partial charge is 0.267 e. The lowest BCUT2D eigenvalue weighted by molar-refractivity contribution is -0.112. The van der Waals surface area contributed by atoms with Crippen LogP contribution in [0.2, 0.25) is 5.02 Å². The SMILES string of the molecule is Cc1ccc(Cl)cc1NC(=O)/C(C#N)=C\NCc1ccccc1F. The molecule has 0 radical (unpaired) electrons. The van der Waals surface area contributed by atoms with Crippen LogP contribution in [0.4, 0.5) is 10.1 Å². The molecule has 6 heteroatoms. The molecule has 2 N–H and O–H groups in total. The van der Waals surface area contributed by atoms with Gasteiger partial charge in [0.1, 0.15) is 17.5 Å². The van der Waals surface area contributed by atoms with E-state index in [1.165, 1.54) is 12.3 Å². The maximum atomic E-state index is 13.5. The Morgan fingerprint density at radius 3 is 2.79 bits per heavy atom. The molecule has 0 aliphatic rings. The molecule has 0 saturated heterocycles. The van der Waals surface area contributed by atoms with Crippen molar-refractivity contribution in [3.05, 3.63) is 76.2 Å². The first kappa shape index (κ1) is 17.5. The Balaban J connectivity index is 2.05. The number of hydrogen-bond donors (Lipinski definition) is 2. The van der Waals surface area contributed by atoms with E-state index >= 15 is 0 Å². The van der Waals surface area contributed by atoms with Gasteiger partial charge in [0.05, 0.1) is 0 Å². The van der Waals surface area contributed by atoms with Gasteiger partial charge in [-0.2, -0.15) is 5.26 Å². The lowest BCUT2D eigenvalue weighted by Gasteiger charge is -2.08. The predicted molar refractivity (Wildman–Crippen MR) is 91.8 cm³/mol. The van der Waals surface area contributed by atoms with Crippen molar-refractivity contribution in [3.8, 4) is 6.07 Å². The molecule has 4 nitrogen and oxygen atoms in total. The number of nitrogens with zero attached hydrogens (tertiary/aromatic N) is 1. The van der Waals surface area contributed by atoms with Gasteiger partial charge in [-0.25, -0.2) is 4.39 Å². The van der Waals surface area contributed by atoms with Crippen LogP contribution in [0, 0.1) is 24.1 Å². The number of nitriles is 1. The monoisotopic (exact) mass is 343 g/mol. The minimum absolute atomic E-state index is 0.120. The van der Waals surface area contributed by atoms with E-state index in [0.717, 1.165) is 5.56 Å². The van der Waals surface area contributed by atoms with Crippen molar-refractivity contribution in [2.24, 2.45) is 0 Å². The second-order valence-electron chi connectivity index (χ2n) is 5.06. The zero-order valence-corrected chi connectivity index (χ0v) is 13.7. The highest BCUT2D eigenvalue weighted by Crippen LogP contribution is 2.20. The Hall–Kier alpha value is -2.84. The van der Waals surface area contributed by atoms with Crippen molar-refractivity contribution in [2.45, 2.75) is 13.5 Å². The lowest BCUT2D eigenvalue weighted by atomic mass is 10.2. The number of carbonyl (C=O) groups is 1. The van der Waals surface area contributed by atoms with Crippen LogP contribution in [0.3, 0.4) is 0 Å². The first-order valence-corrected chi connectivity index (χ1v) is 7.53. The van der Waals surface area contributed by atoms with Crippen molar-refractivity contribution < 1.29 is 9.18 Å². The molecule has 0 bridgehead atoms. The molecule has 1 amide bonds. The summed E-state index contributed by atoms with van der Waals surface area (Å²) in [6.07, 6.45) is 1.27. The van der Waals surface area contributed by atoms with Crippen LogP contribution in [0.25, 0.3) is 0 Å². The summed E-state index contributed by atoms with van der Waals surface area (Å²) in [6.45, 7) is 1.99. The topological polar surface area (TPSA) is 64.9 Å². The minimum Gasteiger partial charge on any atom is -0.385 e. The number of hydrogen-bond acceptors (Lipinski definition) is 3. The zero-order chi connectivity index (χ0) is 17.5. The van der Waals surface area contributed by atoms with Gasteiger partial charge >= 0.3 is 0 Å². The molecular weight excluding hydrogens is 329 g/mol. The van der Waals surface area contributed by atoms with Crippen LogP contribution in [0.15, 0.2) is 54.2 Å². The van der Waals surface area contributed by atoms with Gasteiger partial charge in [-0.15, -0.1) is 0 Å². The average molecular weight is 344 g/mol. The summed E-state index contributed by atoms with van der Waals surface area (Å²) >= 11 is 5.90. The number of nitrogens with one attached hydrogen (secondary N) is 2. The Labute approximate surface area is 144 Å². The van der Waals surface area contributed by atoms with E-state index in [-0.39, 0.29) is 17.9 Å². The molecule has 0 saturated carbocycles. The van der Waals surface area contributed by atoms with Crippen molar-refractivity contribution in [2.75, 3.05) is 5.32 Å². The third kappa shape index (κ3) is 4.58. The quantitative estimate of drug-likeness (QED) is 0.638. The van der Waals surface area contributed by atoms with Crippen LogP contribution in [-0.2, 0) is 11.3 Å². The van der Waals surface area contributed by atoms with Gasteiger partial charge in [0, 0.05) is 29.0 Å². The Kier molecular flexibility index (Phi) is 5.94. The number of amides is 1. The Bertz CT molecular complexity index is 827. The molecule has 0 aliphatic heterocycles. The van der Waals surface area contributed by atoms with Gasteiger partial charge in [0.25, 0.3) is 5.91 Å². The van der Waals surface area contributed by atoms with Crippen LogP contribution >= 0.6 is 11.6 Å². The number of carbonyl (C=O) groups excluding carboxylic acids is 1. The van der Waals surface area contributed by atoms with Gasteiger partial charge in [0.15, 0.2) is 0 Å². The molecule has 2 aromatic carbocycles. The molecule has 0 heterocycles. The van der Waals surface area contributed by atoms with Gasteiger partial charge in [-0.3, -0.25) is 4.79 Å². The summed E-state index contributed by atoms with van der Waals surface area (Å²) in [5, 5.41) is 15.0. The summed E-state index contributed by atoms with van der Waals surface area (Å²) in [5.41, 5.74) is 1.68. The van der Waals surface area contributed by atoms with Crippen LogP contribution in [0.1, 0.15) is 11.1 Å². The molecule has 2 aromatic rings. The van der Waals surface area contributed by atoms with E-state index in [4.69, 9.17) is 16.9 Å². The molecular formula is C18H15ClFN3O. The van der Waals surface area contributed by atoms with E-state index in [1.807, 2.05) is 13.0 Å². The predicted octanol–water partition coefficient (Wildman–Crippen LogP) is 3.92. The number of benzene rings is 2. The summed E-state index contributed by atoms with van der Waals surface area (Å²) in [6, 6.07) is 13.2. The van der Waals surface area contributed by atoms with Crippen molar-refractivity contribution in [3.63, 3.8) is 0 Å². The van der Waals surface area contributed by atoms with Gasteiger partial charge in [0.2, 0.25) is 0 Å². The first-order chi connectivity index (χ1) is 11.5. The van der Waals surface area contributed by atoms with Crippen LogP contribution < -0.4 is 10.6 Å². The van der Waals surface area contributed by atoms with Gasteiger partial charge < -0.3 is 10.6 Å². The van der Waals surface area contributed by atoms with E-state index in [2.05, 4.69) is 10.6 Å². The highest BCUT2D eigenvalue weighted by Gasteiger charge is 2.11. The number of halogens is 2. The second kappa shape index (κ2) is 8.14. The first-order valence-electron chi connectivity index (χ1n) is 7.16. The molecule has 0 aromatic heterocycles. The van der Waals surface area contributed by atoms with Gasteiger partial charge in [-0.1, -0.05) is 35.9 Å². The lowest BCUT2D eigenvalue weighted by Crippen LogP contribution is -2.17. The fourth-order valence-electron chi connectivity index (χ4n) is 1.97. The third-order valence-corrected chi connectivity index (χ3v) is 3.54. The fourth-order valence-corrected chi connectivity index (χ4v) is 2.14. The Morgan fingerprint density at radius 1 is 1.33 bits per heavy atom. The third-order valence-electron chi connectivity index (χ3n) is 3.31. The molecule has 24 heavy (non-hydrogen) atoms. The molecule has 0 fully saturated rings. The van der Waals surface area contributed by atoms with Crippen LogP contribution in [0.5, 0.6) is 0 Å². The number of anilines is 1. The molecule has 122 valence electrons. The molecule has 0 atom stereocenters. The van der Waals surface area contributed by atoms with E-state index in [1.54, 1.807) is 36.4 Å². The second-order valence-corrected chi connectivity index (χ2v) is 5.49. The van der Waals surface area contributed by atoms with Crippen molar-refractivity contribution >= 4 is 23.2 Å². The standard InChI is InChI=1S/C18H15ClFN3O/c1-12-6-7-15(19)8-17(12)23-18(24)14(9-21)11-22-10-13-4-2-3-5-16(13)20/h2-8,11,22H,10H2,1H3,(H,23,24)/b14-11-. The summed E-state index contributed by atoms with van der Waals surface area (Å²) in [5.74, 6) is -0.917. The minimum atomic E-state index is -0.566. The zero-order valence-electron chi connectivity index (χ0n) is 12.9. The molecule has 0 spiro atoms. The van der Waals surface area contributed by atoms with Crippen LogP contribution in [-0.4, -0.2) is 5.91 Å². The summed E-state index contributed by atoms with van der Waals surface area (Å²) in [4.78, 5) is 12.2. The van der Waals surface area contributed by atoms with Gasteiger partial charge in [-0.05, 0) is 30.7 Å². The molecule has 0 unspecified atom stereocenters. The van der Waals surface area contributed by atoms with E-state index in [0.29, 0.717) is 16.3 Å². The average Bonchev–Trinajstić information content (AvgIpc) is 2.56. The maximum absolute atomic E-state index is 13.5. The fraction of sp³-hybridized carbons (Fsp3) is 0.111. The van der Waals surface area contributed by atoms with E-state index in [9.17, 15) is 9.18 Å². The highest BCUT2D eigenvalue weighted by atomic mass is 35.5. The Morgan fingerprint density at radius 2 is 2.08 bits per heavy atom. The van der Waals surface area contributed by atoms with Crippen molar-refractivity contribution in [1.82, 2.24) is 5.32 Å². The number of rotatable bonds is 5. The highest BCUT2D eigenvalue weighted by molar-refractivity contribution is 6.31.